The number of amides is 1. The SMILES string of the molecule is Nc1nc2cc(F)c(C(=O)N(C3CC3)[C@@H]3COc4nc(C(F)(F)F)ccc43)cc2n2cncc12. The minimum absolute atomic E-state index is 0.0645. The second-order valence-corrected chi connectivity index (χ2v) is 8.33. The number of imidazole rings is 1. The van der Waals surface area contributed by atoms with Crippen LogP contribution in [0.4, 0.5) is 23.4 Å². The van der Waals surface area contributed by atoms with Crippen LogP contribution in [0.25, 0.3) is 16.6 Å². The van der Waals surface area contributed by atoms with Gasteiger partial charge < -0.3 is 15.4 Å². The zero-order chi connectivity index (χ0) is 23.8. The summed E-state index contributed by atoms with van der Waals surface area (Å²) in [5, 5.41) is 0. The first-order chi connectivity index (χ1) is 16.2. The number of pyridine rings is 1. The minimum Gasteiger partial charge on any atom is -0.475 e. The number of carbonyl (C=O) groups is 1. The van der Waals surface area contributed by atoms with E-state index in [0.717, 1.165) is 12.1 Å². The Morgan fingerprint density at radius 3 is 2.71 bits per heavy atom. The number of nitrogens with zero attached hydrogens (tertiary/aromatic N) is 5. The summed E-state index contributed by atoms with van der Waals surface area (Å²) in [5.74, 6) is -1.36. The number of rotatable bonds is 3. The standard InChI is InChI=1S/C22H16F4N6O2/c23-13-6-14-15(31-9-28-7-16(31)19(27)29-14)5-12(13)21(33)32(10-1-2-10)17-8-34-20-11(17)3-4-18(30-20)22(24,25)26/h3-7,9-10,17H,1-2,8H2,(H2,27,29)/t17-/m1/s1. The van der Waals surface area contributed by atoms with Gasteiger partial charge in [-0.3, -0.25) is 9.20 Å². The van der Waals surface area contributed by atoms with E-state index < -0.39 is 29.6 Å². The normalized spacial score (nSPS) is 17.7. The molecule has 1 saturated carbocycles. The molecule has 8 nitrogen and oxygen atoms in total. The second kappa shape index (κ2) is 7.02. The van der Waals surface area contributed by atoms with Gasteiger partial charge in [0.15, 0.2) is 0 Å². The molecule has 0 saturated heterocycles. The summed E-state index contributed by atoms with van der Waals surface area (Å²) in [6.07, 6.45) is -0.216. The predicted octanol–water partition coefficient (Wildman–Crippen LogP) is 3.76. The van der Waals surface area contributed by atoms with E-state index in [1.807, 2.05) is 0 Å². The van der Waals surface area contributed by atoms with Crippen LogP contribution < -0.4 is 10.5 Å². The maximum Gasteiger partial charge on any atom is 0.433 e. The second-order valence-electron chi connectivity index (χ2n) is 8.33. The molecule has 0 bridgehead atoms. The van der Waals surface area contributed by atoms with Crippen molar-refractivity contribution in [3.05, 3.63) is 59.4 Å². The molecule has 34 heavy (non-hydrogen) atoms. The highest BCUT2D eigenvalue weighted by atomic mass is 19.4. The average molecular weight is 472 g/mol. The molecule has 2 N–H and O–H groups in total. The zero-order valence-electron chi connectivity index (χ0n) is 17.4. The monoisotopic (exact) mass is 472 g/mol. The predicted molar refractivity (Wildman–Crippen MR) is 112 cm³/mol. The molecule has 1 aromatic carbocycles. The van der Waals surface area contributed by atoms with E-state index >= 15 is 4.39 Å². The third kappa shape index (κ3) is 3.12. The van der Waals surface area contributed by atoms with E-state index in [2.05, 4.69) is 15.0 Å². The molecule has 0 radical (unpaired) electrons. The van der Waals surface area contributed by atoms with Crippen molar-refractivity contribution in [1.29, 1.82) is 0 Å². The smallest absolute Gasteiger partial charge is 0.433 e. The van der Waals surface area contributed by atoms with Crippen LogP contribution in [0, 0.1) is 5.82 Å². The minimum atomic E-state index is -4.62. The molecular formula is C22H16F4N6O2. The first-order valence-corrected chi connectivity index (χ1v) is 10.5. The third-order valence-corrected chi connectivity index (χ3v) is 6.12. The van der Waals surface area contributed by atoms with Crippen molar-refractivity contribution in [2.24, 2.45) is 0 Å². The molecule has 4 heterocycles. The number of nitrogens with two attached hydrogens (primary N) is 1. The highest BCUT2D eigenvalue weighted by molar-refractivity contribution is 5.99. The van der Waals surface area contributed by atoms with E-state index in [0.29, 0.717) is 29.4 Å². The van der Waals surface area contributed by atoms with Crippen LogP contribution in [-0.4, -0.2) is 42.8 Å². The van der Waals surface area contributed by atoms with E-state index in [1.165, 1.54) is 29.6 Å². The number of benzene rings is 1. The van der Waals surface area contributed by atoms with E-state index in [1.54, 1.807) is 4.40 Å². The van der Waals surface area contributed by atoms with E-state index in [-0.39, 0.29) is 35.4 Å². The lowest BCUT2D eigenvalue weighted by molar-refractivity contribution is -0.141. The lowest BCUT2D eigenvalue weighted by atomic mass is 10.1. The van der Waals surface area contributed by atoms with Gasteiger partial charge in [-0.05, 0) is 31.0 Å². The number of halogens is 4. The van der Waals surface area contributed by atoms with Gasteiger partial charge in [-0.15, -0.1) is 0 Å². The molecular weight excluding hydrogens is 456 g/mol. The molecule has 2 aliphatic rings. The van der Waals surface area contributed by atoms with Crippen LogP contribution in [0.1, 0.15) is 40.5 Å². The number of ether oxygens (including phenoxy) is 1. The van der Waals surface area contributed by atoms with Gasteiger partial charge in [0.1, 0.15) is 29.5 Å². The number of aromatic nitrogens is 4. The first kappa shape index (κ1) is 20.6. The molecule has 1 atom stereocenters. The van der Waals surface area contributed by atoms with Crippen molar-refractivity contribution < 1.29 is 27.1 Å². The van der Waals surface area contributed by atoms with Crippen molar-refractivity contribution in [3.8, 4) is 5.88 Å². The zero-order valence-corrected chi connectivity index (χ0v) is 17.4. The Balaban J connectivity index is 1.42. The molecule has 12 heteroatoms. The average Bonchev–Trinajstić information content (AvgIpc) is 3.32. The van der Waals surface area contributed by atoms with Gasteiger partial charge >= 0.3 is 6.18 Å². The Kier molecular flexibility index (Phi) is 4.26. The lowest BCUT2D eigenvalue weighted by Crippen LogP contribution is -2.38. The van der Waals surface area contributed by atoms with Crippen LogP contribution in [0.3, 0.4) is 0 Å². The summed E-state index contributed by atoms with van der Waals surface area (Å²) < 4.78 is 61.3. The molecule has 1 aliphatic heterocycles. The Morgan fingerprint density at radius 2 is 1.97 bits per heavy atom. The van der Waals surface area contributed by atoms with Crippen LogP contribution in [0.2, 0.25) is 0 Å². The number of hydrogen-bond acceptors (Lipinski definition) is 6. The Labute approximate surface area is 189 Å². The van der Waals surface area contributed by atoms with Crippen molar-refractivity contribution >= 4 is 28.3 Å². The van der Waals surface area contributed by atoms with Crippen molar-refractivity contribution in [2.45, 2.75) is 31.1 Å². The van der Waals surface area contributed by atoms with Crippen molar-refractivity contribution in [1.82, 2.24) is 24.3 Å². The molecule has 1 aliphatic carbocycles. The van der Waals surface area contributed by atoms with Gasteiger partial charge in [-0.2, -0.15) is 13.2 Å². The number of fused-ring (bicyclic) bond motifs is 4. The Bertz CT molecular complexity index is 1480. The van der Waals surface area contributed by atoms with Crippen LogP contribution in [0.15, 0.2) is 36.8 Å². The number of carbonyl (C=O) groups excluding carboxylic acids is 1. The summed E-state index contributed by atoms with van der Waals surface area (Å²) in [4.78, 5) is 26.9. The lowest BCUT2D eigenvalue weighted by Gasteiger charge is -2.28. The number of nitrogen functional groups attached to an aromatic ring is 1. The summed E-state index contributed by atoms with van der Waals surface area (Å²) >= 11 is 0. The number of anilines is 1. The Hall–Kier alpha value is -3.96. The summed E-state index contributed by atoms with van der Waals surface area (Å²) in [5.41, 5.74) is 6.24. The quantitative estimate of drug-likeness (QED) is 0.456. The van der Waals surface area contributed by atoms with Gasteiger partial charge in [0.25, 0.3) is 5.91 Å². The molecule has 0 spiro atoms. The van der Waals surface area contributed by atoms with Gasteiger partial charge in [-0.1, -0.05) is 0 Å². The first-order valence-electron chi connectivity index (χ1n) is 10.5. The maximum absolute atomic E-state index is 15.1. The summed E-state index contributed by atoms with van der Waals surface area (Å²) in [6.45, 7) is -0.0645. The summed E-state index contributed by atoms with van der Waals surface area (Å²) in [6, 6.07) is 3.80. The fraction of sp³-hybridized carbons (Fsp3) is 0.273. The van der Waals surface area contributed by atoms with Crippen LogP contribution in [0.5, 0.6) is 5.88 Å². The van der Waals surface area contributed by atoms with Crippen molar-refractivity contribution in [3.63, 3.8) is 0 Å². The van der Waals surface area contributed by atoms with E-state index in [4.69, 9.17) is 10.5 Å². The van der Waals surface area contributed by atoms with Gasteiger partial charge in [0.2, 0.25) is 5.88 Å². The fourth-order valence-corrected chi connectivity index (χ4v) is 4.37. The number of alkyl halides is 3. The molecule has 1 amide bonds. The van der Waals surface area contributed by atoms with Gasteiger partial charge in [0, 0.05) is 17.7 Å². The largest absolute Gasteiger partial charge is 0.475 e. The molecule has 3 aromatic heterocycles. The molecule has 4 aromatic rings. The van der Waals surface area contributed by atoms with Crippen molar-refractivity contribution in [2.75, 3.05) is 12.3 Å². The van der Waals surface area contributed by atoms with Gasteiger partial charge in [0.05, 0.1) is 35.2 Å². The summed E-state index contributed by atoms with van der Waals surface area (Å²) in [7, 11) is 0. The topological polar surface area (TPSA) is 98.6 Å². The molecule has 1 fully saturated rings. The number of hydrogen-bond donors (Lipinski definition) is 1. The molecule has 174 valence electrons. The Morgan fingerprint density at radius 1 is 1.18 bits per heavy atom. The van der Waals surface area contributed by atoms with Crippen LogP contribution >= 0.6 is 0 Å². The molecule has 6 rings (SSSR count). The maximum atomic E-state index is 15.1. The highest BCUT2D eigenvalue weighted by Gasteiger charge is 2.44. The highest BCUT2D eigenvalue weighted by Crippen LogP contribution is 2.43. The third-order valence-electron chi connectivity index (χ3n) is 6.12. The molecule has 0 unspecified atom stereocenters. The van der Waals surface area contributed by atoms with E-state index in [9.17, 15) is 18.0 Å². The van der Waals surface area contributed by atoms with Crippen LogP contribution in [-0.2, 0) is 6.18 Å². The van der Waals surface area contributed by atoms with Gasteiger partial charge in [-0.25, -0.2) is 19.3 Å². The fourth-order valence-electron chi connectivity index (χ4n) is 4.37.